The summed E-state index contributed by atoms with van der Waals surface area (Å²) in [5.74, 6) is 0. The molecule has 0 radical (unpaired) electrons. The fourth-order valence-corrected chi connectivity index (χ4v) is 3.81. The van der Waals surface area contributed by atoms with Crippen molar-refractivity contribution in [2.75, 3.05) is 26.2 Å². The Morgan fingerprint density at radius 2 is 1.09 bits per heavy atom. The minimum absolute atomic E-state index is 0.105. The Morgan fingerprint density at radius 3 is 1.48 bits per heavy atom. The van der Waals surface area contributed by atoms with Crippen LogP contribution in [0.4, 0.5) is 9.59 Å². The third-order valence-electron chi connectivity index (χ3n) is 5.08. The Kier molecular flexibility index (Phi) is 3.88. The van der Waals surface area contributed by atoms with Gasteiger partial charge in [0, 0.05) is 26.2 Å². The molecule has 4 heterocycles. The third kappa shape index (κ3) is 2.56. The van der Waals surface area contributed by atoms with Crippen molar-refractivity contribution in [3.05, 3.63) is 12.2 Å². The van der Waals surface area contributed by atoms with E-state index in [1.807, 2.05) is 22.0 Å². The molecule has 4 amide bonds. The first-order valence-electron chi connectivity index (χ1n) is 8.76. The molecule has 4 aliphatic rings. The lowest BCUT2D eigenvalue weighted by molar-refractivity contribution is 0.0182. The summed E-state index contributed by atoms with van der Waals surface area (Å²) in [6.07, 6.45) is 9.32. The average molecular weight is 320 g/mol. The topological polar surface area (TPSA) is 56.3 Å². The summed E-state index contributed by atoms with van der Waals surface area (Å²) in [5, 5.41) is 3.04. The maximum Gasteiger partial charge on any atom is 0.341 e. The predicted molar refractivity (Wildman–Crippen MR) is 83.1 cm³/mol. The highest BCUT2D eigenvalue weighted by Crippen LogP contribution is 2.32. The number of hydrazine groups is 1. The molecule has 126 valence electrons. The van der Waals surface area contributed by atoms with Gasteiger partial charge in [0.05, 0.1) is 0 Å². The standard InChI is InChI=1S/C16H24N4O3/c21-15(17-9-3-1-4-10-17)19-13-7-8-14(23-13)20(19)16(22)18-11-5-2-6-12-18/h7-8,13-14H,1-6,9-12H2. The van der Waals surface area contributed by atoms with E-state index in [2.05, 4.69) is 0 Å². The summed E-state index contributed by atoms with van der Waals surface area (Å²) < 4.78 is 5.77. The highest BCUT2D eigenvalue weighted by molar-refractivity contribution is 5.82. The zero-order valence-corrected chi connectivity index (χ0v) is 13.4. The van der Waals surface area contributed by atoms with Gasteiger partial charge in [0.2, 0.25) is 0 Å². The van der Waals surface area contributed by atoms with Crippen molar-refractivity contribution in [1.29, 1.82) is 0 Å². The molecule has 2 atom stereocenters. The summed E-state index contributed by atoms with van der Waals surface area (Å²) in [6, 6.07) is -0.209. The Balaban J connectivity index is 1.53. The number of hydrogen-bond donors (Lipinski definition) is 0. The van der Waals surface area contributed by atoms with Crippen molar-refractivity contribution < 1.29 is 14.3 Å². The molecule has 2 bridgehead atoms. The summed E-state index contributed by atoms with van der Waals surface area (Å²) in [6.45, 7) is 3.06. The summed E-state index contributed by atoms with van der Waals surface area (Å²) in [7, 11) is 0. The minimum Gasteiger partial charge on any atom is -0.324 e. The van der Waals surface area contributed by atoms with Crippen molar-refractivity contribution >= 4 is 12.1 Å². The molecule has 7 heteroatoms. The Bertz CT molecular complexity index is 467. The van der Waals surface area contributed by atoms with Crippen LogP contribution in [0.25, 0.3) is 0 Å². The van der Waals surface area contributed by atoms with Gasteiger partial charge in [0.25, 0.3) is 0 Å². The van der Waals surface area contributed by atoms with Gasteiger partial charge in [0.15, 0.2) is 12.5 Å². The van der Waals surface area contributed by atoms with Crippen molar-refractivity contribution in [3.8, 4) is 0 Å². The zero-order valence-electron chi connectivity index (χ0n) is 13.4. The van der Waals surface area contributed by atoms with E-state index in [1.54, 1.807) is 0 Å². The van der Waals surface area contributed by atoms with Gasteiger partial charge in [-0.1, -0.05) is 0 Å². The third-order valence-corrected chi connectivity index (χ3v) is 5.08. The smallest absolute Gasteiger partial charge is 0.324 e. The molecule has 4 rings (SSSR count). The van der Waals surface area contributed by atoms with Gasteiger partial charge in [-0.25, -0.2) is 9.59 Å². The molecule has 7 nitrogen and oxygen atoms in total. The molecule has 3 saturated heterocycles. The Hall–Kier alpha value is -1.76. The summed E-state index contributed by atoms with van der Waals surface area (Å²) >= 11 is 0. The fraction of sp³-hybridized carbons (Fsp3) is 0.750. The first kappa shape index (κ1) is 14.8. The second kappa shape index (κ2) is 6.03. The number of carbonyl (C=O) groups is 2. The number of likely N-dealkylation sites (tertiary alicyclic amines) is 2. The lowest BCUT2D eigenvalue weighted by Gasteiger charge is -2.40. The van der Waals surface area contributed by atoms with Gasteiger partial charge in [-0.15, -0.1) is 0 Å². The van der Waals surface area contributed by atoms with Crippen LogP contribution >= 0.6 is 0 Å². The van der Waals surface area contributed by atoms with E-state index in [9.17, 15) is 9.59 Å². The first-order chi connectivity index (χ1) is 11.3. The molecule has 0 aromatic carbocycles. The highest BCUT2D eigenvalue weighted by Gasteiger charge is 2.50. The lowest BCUT2D eigenvalue weighted by atomic mass is 10.1. The maximum atomic E-state index is 12.9. The molecule has 3 fully saturated rings. The SMILES string of the molecule is O=C(N1CCCCC1)N1C2C=CC(O2)N1C(=O)N1CCCCC1. The second-order valence-electron chi connectivity index (χ2n) is 6.65. The molecule has 0 aliphatic carbocycles. The Morgan fingerprint density at radius 1 is 0.696 bits per heavy atom. The molecule has 0 spiro atoms. The van der Waals surface area contributed by atoms with Gasteiger partial charge in [-0.2, -0.15) is 10.0 Å². The molecular formula is C16H24N4O3. The zero-order chi connectivity index (χ0) is 15.8. The first-order valence-corrected chi connectivity index (χ1v) is 8.76. The van der Waals surface area contributed by atoms with Crippen LogP contribution < -0.4 is 0 Å². The lowest BCUT2D eigenvalue weighted by Crippen LogP contribution is -2.59. The van der Waals surface area contributed by atoms with E-state index in [1.165, 1.54) is 22.9 Å². The number of nitrogens with zero attached hydrogens (tertiary/aromatic N) is 4. The van der Waals surface area contributed by atoms with Crippen molar-refractivity contribution in [2.45, 2.75) is 51.0 Å². The quantitative estimate of drug-likeness (QED) is 0.641. The summed E-state index contributed by atoms with van der Waals surface area (Å²) in [5.41, 5.74) is 0. The molecule has 0 N–H and O–H groups in total. The van der Waals surface area contributed by atoms with E-state index in [0.29, 0.717) is 0 Å². The monoisotopic (exact) mass is 320 g/mol. The van der Waals surface area contributed by atoms with Crippen LogP contribution in [0.15, 0.2) is 12.2 Å². The molecule has 0 aromatic heterocycles. The fourth-order valence-electron chi connectivity index (χ4n) is 3.81. The number of urea groups is 2. The molecular weight excluding hydrogens is 296 g/mol. The van der Waals surface area contributed by atoms with Crippen LogP contribution in [-0.2, 0) is 4.74 Å². The molecule has 23 heavy (non-hydrogen) atoms. The number of rotatable bonds is 0. The van der Waals surface area contributed by atoms with Gasteiger partial charge in [0.1, 0.15) is 0 Å². The summed E-state index contributed by atoms with van der Waals surface area (Å²) in [4.78, 5) is 29.5. The van der Waals surface area contributed by atoms with E-state index in [-0.39, 0.29) is 12.1 Å². The van der Waals surface area contributed by atoms with Gasteiger partial charge in [-0.3, -0.25) is 0 Å². The van der Waals surface area contributed by atoms with Crippen LogP contribution in [0.3, 0.4) is 0 Å². The van der Waals surface area contributed by atoms with Gasteiger partial charge < -0.3 is 14.5 Å². The van der Waals surface area contributed by atoms with Gasteiger partial charge >= 0.3 is 12.1 Å². The van der Waals surface area contributed by atoms with E-state index in [4.69, 9.17) is 4.74 Å². The van der Waals surface area contributed by atoms with Gasteiger partial charge in [-0.05, 0) is 50.7 Å². The van der Waals surface area contributed by atoms with E-state index >= 15 is 0 Å². The number of fused-ring (bicyclic) bond motifs is 2. The second-order valence-corrected chi connectivity index (χ2v) is 6.65. The maximum absolute atomic E-state index is 12.9. The van der Waals surface area contributed by atoms with Crippen LogP contribution in [0, 0.1) is 0 Å². The van der Waals surface area contributed by atoms with Crippen molar-refractivity contribution in [1.82, 2.24) is 19.8 Å². The number of ether oxygens (including phenoxy) is 1. The van der Waals surface area contributed by atoms with E-state index in [0.717, 1.165) is 51.9 Å². The molecule has 2 unspecified atom stereocenters. The molecule has 4 aliphatic heterocycles. The van der Waals surface area contributed by atoms with E-state index < -0.39 is 12.5 Å². The highest BCUT2D eigenvalue weighted by atomic mass is 16.6. The molecule has 0 aromatic rings. The minimum atomic E-state index is -0.442. The predicted octanol–water partition coefficient (Wildman–Crippen LogP) is 1.97. The average Bonchev–Trinajstić information content (AvgIpc) is 3.23. The number of piperidine rings is 2. The number of amides is 4. The van der Waals surface area contributed by atoms with Crippen molar-refractivity contribution in [3.63, 3.8) is 0 Å². The molecule has 0 saturated carbocycles. The number of hydrogen-bond acceptors (Lipinski definition) is 3. The van der Waals surface area contributed by atoms with Crippen LogP contribution in [0.2, 0.25) is 0 Å². The van der Waals surface area contributed by atoms with Crippen LogP contribution in [0.1, 0.15) is 38.5 Å². The Labute approximate surface area is 136 Å². The number of carbonyl (C=O) groups excluding carboxylic acids is 2. The normalized spacial score (nSPS) is 30.3. The van der Waals surface area contributed by atoms with Crippen LogP contribution in [0.5, 0.6) is 0 Å². The largest absolute Gasteiger partial charge is 0.341 e. The van der Waals surface area contributed by atoms with Crippen LogP contribution in [-0.4, -0.2) is 70.5 Å². The van der Waals surface area contributed by atoms with Crippen molar-refractivity contribution in [2.24, 2.45) is 0 Å².